The van der Waals surface area contributed by atoms with Crippen LogP contribution in [0, 0.1) is 11.8 Å². The third-order valence-corrected chi connectivity index (χ3v) is 9.12. The number of aliphatic hydroxyl groups is 1. The number of nitrogens with zero attached hydrogens (tertiary/aromatic N) is 5. The Morgan fingerprint density at radius 1 is 1.00 bits per heavy atom. The first-order valence-corrected chi connectivity index (χ1v) is 15.1. The zero-order chi connectivity index (χ0) is 29.3. The lowest BCUT2D eigenvalue weighted by molar-refractivity contribution is -0.160. The summed E-state index contributed by atoms with van der Waals surface area (Å²) in [7, 11) is 0. The molecule has 11 heteroatoms. The average molecular weight is 578 g/mol. The zero-order valence-corrected chi connectivity index (χ0v) is 24.1. The summed E-state index contributed by atoms with van der Waals surface area (Å²) in [4.78, 5) is 45.8. The van der Waals surface area contributed by atoms with Gasteiger partial charge in [0.2, 0.25) is 5.91 Å². The molecule has 1 N–H and O–H groups in total. The van der Waals surface area contributed by atoms with Gasteiger partial charge in [-0.15, -0.1) is 5.10 Å². The number of para-hydroxylation sites is 1. The second-order valence-electron chi connectivity index (χ2n) is 11.9. The molecular formula is C31H39N5O6. The number of unbranched alkanes of at least 4 members (excludes halogenated alkanes) is 3. The molecule has 4 aliphatic heterocycles. The summed E-state index contributed by atoms with van der Waals surface area (Å²) < 4.78 is 14.2. The molecule has 224 valence electrons. The number of aliphatic hydroxyl groups excluding tert-OH is 1. The monoisotopic (exact) mass is 577 g/mol. The number of aromatic nitrogens is 3. The van der Waals surface area contributed by atoms with Gasteiger partial charge in [0.05, 0.1) is 23.6 Å². The Balaban J connectivity index is 1.38. The van der Waals surface area contributed by atoms with Gasteiger partial charge in [-0.2, -0.15) is 0 Å². The average Bonchev–Trinajstić information content (AvgIpc) is 3.54. The van der Waals surface area contributed by atoms with Crippen molar-refractivity contribution in [2.75, 3.05) is 26.3 Å². The van der Waals surface area contributed by atoms with E-state index in [2.05, 4.69) is 10.3 Å². The normalized spacial score (nSPS) is 32.0. The van der Waals surface area contributed by atoms with Crippen molar-refractivity contribution in [2.45, 2.75) is 75.8 Å². The van der Waals surface area contributed by atoms with Crippen LogP contribution in [0.15, 0.2) is 48.6 Å². The standard InChI is InChI=1S/C31H39N5O6/c1-30-15-8-2-5-11-20-41-29(40)25(30)24-27(38)35(18-9-3-4-10-19-37)26-28(39)34(17-12-16-31(24,26)42-30)21-36-23-14-7-6-13-22(23)32-33-36/h6-8,12-16,24-26,37H,2-5,9-11,17-21H2,1H3/b15-8-/t24-,25-,26?,30+,31-/m0/s1. The minimum Gasteiger partial charge on any atom is -0.465 e. The minimum absolute atomic E-state index is 0.120. The maximum atomic E-state index is 14.5. The predicted octanol–water partition coefficient (Wildman–Crippen LogP) is 2.59. The van der Waals surface area contributed by atoms with Gasteiger partial charge in [-0.3, -0.25) is 14.4 Å². The number of likely N-dealkylation sites (tertiary alicyclic amines) is 1. The van der Waals surface area contributed by atoms with Crippen LogP contribution >= 0.6 is 0 Å². The quantitative estimate of drug-likeness (QED) is 0.288. The molecule has 2 fully saturated rings. The van der Waals surface area contributed by atoms with Crippen LogP contribution in [0.2, 0.25) is 0 Å². The fraction of sp³-hybridized carbons (Fsp3) is 0.581. The molecule has 2 saturated heterocycles. The Morgan fingerprint density at radius 3 is 2.69 bits per heavy atom. The highest BCUT2D eigenvalue weighted by molar-refractivity contribution is 5.99. The van der Waals surface area contributed by atoms with Gasteiger partial charge < -0.3 is 24.4 Å². The molecule has 11 nitrogen and oxygen atoms in total. The molecule has 2 amide bonds. The molecule has 1 unspecified atom stereocenters. The first kappa shape index (κ1) is 28.5. The van der Waals surface area contributed by atoms with E-state index >= 15 is 0 Å². The third kappa shape index (κ3) is 4.82. The van der Waals surface area contributed by atoms with Crippen molar-refractivity contribution in [3.63, 3.8) is 0 Å². The number of esters is 1. The van der Waals surface area contributed by atoms with Crippen LogP contribution in [0.4, 0.5) is 0 Å². The van der Waals surface area contributed by atoms with E-state index in [0.717, 1.165) is 43.1 Å². The number of benzene rings is 1. The second kappa shape index (κ2) is 11.6. The van der Waals surface area contributed by atoms with Crippen molar-refractivity contribution in [3.8, 4) is 0 Å². The van der Waals surface area contributed by atoms with Crippen LogP contribution < -0.4 is 0 Å². The van der Waals surface area contributed by atoms with E-state index in [1.54, 1.807) is 14.5 Å². The molecule has 1 spiro atoms. The largest absolute Gasteiger partial charge is 0.465 e. The molecule has 1 aromatic heterocycles. The summed E-state index contributed by atoms with van der Waals surface area (Å²) in [5, 5.41) is 17.7. The fourth-order valence-electron chi connectivity index (χ4n) is 7.14. The fourth-order valence-corrected chi connectivity index (χ4v) is 7.14. The van der Waals surface area contributed by atoms with Gasteiger partial charge in [0.25, 0.3) is 5.91 Å². The van der Waals surface area contributed by atoms with Gasteiger partial charge in [-0.25, -0.2) is 4.68 Å². The molecule has 6 rings (SSSR count). The molecule has 1 aromatic carbocycles. The highest BCUT2D eigenvalue weighted by atomic mass is 16.6. The van der Waals surface area contributed by atoms with E-state index in [9.17, 15) is 19.5 Å². The zero-order valence-electron chi connectivity index (χ0n) is 24.1. The molecule has 5 heterocycles. The Hall–Kier alpha value is -3.57. The SMILES string of the molecule is C[C@@]12/C=C\CCCCOC(=O)[C@@H]1[C@H]1C(=O)N(CCCCCCO)C3C(=O)N(Cn4nnc5ccccc54)CC=C[C@@]31O2. The topological polar surface area (TPSA) is 127 Å². The van der Waals surface area contributed by atoms with Crippen LogP contribution in [0.5, 0.6) is 0 Å². The Labute approximate surface area is 245 Å². The van der Waals surface area contributed by atoms with Gasteiger partial charge in [-0.1, -0.05) is 54.5 Å². The number of allylic oxidation sites excluding steroid dienone is 1. The summed E-state index contributed by atoms with van der Waals surface area (Å²) in [5.74, 6) is -2.75. The number of ether oxygens (including phenoxy) is 2. The summed E-state index contributed by atoms with van der Waals surface area (Å²) in [6, 6.07) is 6.62. The number of carbonyl (C=O) groups is 3. The lowest BCUT2D eigenvalue weighted by atomic mass is 9.74. The minimum atomic E-state index is -1.32. The van der Waals surface area contributed by atoms with Crippen molar-refractivity contribution in [2.24, 2.45) is 11.8 Å². The number of hydrogen-bond acceptors (Lipinski definition) is 8. The van der Waals surface area contributed by atoms with E-state index in [1.807, 2.05) is 55.5 Å². The Morgan fingerprint density at radius 2 is 1.83 bits per heavy atom. The van der Waals surface area contributed by atoms with Gasteiger partial charge in [0.1, 0.15) is 29.7 Å². The molecule has 42 heavy (non-hydrogen) atoms. The highest BCUT2D eigenvalue weighted by Gasteiger charge is 2.74. The van der Waals surface area contributed by atoms with E-state index < -0.39 is 35.0 Å². The van der Waals surface area contributed by atoms with Gasteiger partial charge >= 0.3 is 5.97 Å². The molecule has 0 radical (unpaired) electrons. The Kier molecular flexibility index (Phi) is 7.89. The van der Waals surface area contributed by atoms with E-state index in [4.69, 9.17) is 9.47 Å². The summed E-state index contributed by atoms with van der Waals surface area (Å²) in [6.07, 6.45) is 13.1. The van der Waals surface area contributed by atoms with Gasteiger partial charge in [-0.05, 0) is 51.2 Å². The number of rotatable bonds is 8. The highest BCUT2D eigenvalue weighted by Crippen LogP contribution is 2.57. The number of cyclic esters (lactones) is 1. The van der Waals surface area contributed by atoms with Crippen molar-refractivity contribution < 1.29 is 29.0 Å². The molecular weight excluding hydrogens is 538 g/mol. The van der Waals surface area contributed by atoms with Crippen molar-refractivity contribution in [3.05, 3.63) is 48.6 Å². The van der Waals surface area contributed by atoms with Crippen LogP contribution in [0.1, 0.15) is 51.9 Å². The maximum absolute atomic E-state index is 14.5. The Bertz CT molecular complexity index is 1410. The predicted molar refractivity (Wildman–Crippen MR) is 153 cm³/mol. The number of carbonyl (C=O) groups excluding carboxylic acids is 3. The van der Waals surface area contributed by atoms with Gasteiger partial charge in [0.15, 0.2) is 0 Å². The second-order valence-corrected chi connectivity index (χ2v) is 11.9. The first-order chi connectivity index (χ1) is 20.4. The summed E-state index contributed by atoms with van der Waals surface area (Å²) in [6.45, 7) is 3.04. The van der Waals surface area contributed by atoms with E-state index in [-0.39, 0.29) is 25.1 Å². The molecule has 0 bridgehead atoms. The smallest absolute Gasteiger partial charge is 0.313 e. The summed E-state index contributed by atoms with van der Waals surface area (Å²) in [5.41, 5.74) is -0.900. The molecule has 0 saturated carbocycles. The van der Waals surface area contributed by atoms with Crippen LogP contribution in [-0.4, -0.2) is 91.2 Å². The van der Waals surface area contributed by atoms with Crippen molar-refractivity contribution in [1.29, 1.82) is 0 Å². The molecule has 4 aliphatic rings. The lowest BCUT2D eigenvalue weighted by Gasteiger charge is -2.37. The third-order valence-electron chi connectivity index (χ3n) is 9.12. The lowest BCUT2D eigenvalue weighted by Crippen LogP contribution is -2.56. The first-order valence-electron chi connectivity index (χ1n) is 15.1. The number of hydrogen-bond donors (Lipinski definition) is 1. The van der Waals surface area contributed by atoms with Crippen LogP contribution in [0.25, 0.3) is 11.0 Å². The number of amides is 2. The van der Waals surface area contributed by atoms with Crippen molar-refractivity contribution >= 4 is 28.8 Å². The van der Waals surface area contributed by atoms with Crippen LogP contribution in [0.3, 0.4) is 0 Å². The van der Waals surface area contributed by atoms with Crippen molar-refractivity contribution in [1.82, 2.24) is 24.8 Å². The maximum Gasteiger partial charge on any atom is 0.313 e. The van der Waals surface area contributed by atoms with E-state index in [0.29, 0.717) is 32.5 Å². The van der Waals surface area contributed by atoms with E-state index in [1.165, 1.54) is 0 Å². The van der Waals surface area contributed by atoms with Crippen LogP contribution in [-0.2, 0) is 30.5 Å². The van der Waals surface area contributed by atoms with Gasteiger partial charge in [0, 0.05) is 19.7 Å². The molecule has 0 aliphatic carbocycles. The summed E-state index contributed by atoms with van der Waals surface area (Å²) >= 11 is 0. The molecule has 2 aromatic rings. The number of fused-ring (bicyclic) bond motifs is 3. The molecule has 5 atom stereocenters.